The van der Waals surface area contributed by atoms with Crippen molar-refractivity contribution in [2.24, 2.45) is 5.92 Å². The molecule has 4 rings (SSSR count). The molecule has 2 heterocycles. The largest absolute Gasteiger partial charge is 0.378 e. The van der Waals surface area contributed by atoms with Gasteiger partial charge in [-0.15, -0.1) is 5.10 Å². The maximum absolute atomic E-state index is 12.8. The molecule has 1 unspecified atom stereocenters. The topological polar surface area (TPSA) is 72.3 Å². The first-order chi connectivity index (χ1) is 12.3. The van der Waals surface area contributed by atoms with Crippen molar-refractivity contribution < 1.29 is 9.53 Å². The molecule has 1 amide bonds. The van der Waals surface area contributed by atoms with Gasteiger partial charge < -0.3 is 10.1 Å². The van der Waals surface area contributed by atoms with E-state index in [1.165, 1.54) is 19.3 Å². The summed E-state index contributed by atoms with van der Waals surface area (Å²) in [4.78, 5) is 15.1. The Hall–Kier alpha value is -2.25. The predicted molar refractivity (Wildman–Crippen MR) is 93.5 cm³/mol. The molecule has 0 bridgehead atoms. The maximum Gasteiger partial charge on any atom is 0.244 e. The molecule has 1 aromatic carbocycles. The van der Waals surface area contributed by atoms with E-state index in [1.54, 1.807) is 17.1 Å². The van der Waals surface area contributed by atoms with E-state index in [0.717, 1.165) is 30.4 Å². The number of amides is 1. The van der Waals surface area contributed by atoms with Gasteiger partial charge in [-0.05, 0) is 37.0 Å². The third kappa shape index (κ3) is 3.72. The van der Waals surface area contributed by atoms with Gasteiger partial charge in [-0.25, -0.2) is 4.68 Å². The van der Waals surface area contributed by atoms with Crippen molar-refractivity contribution in [2.75, 3.05) is 31.6 Å². The summed E-state index contributed by atoms with van der Waals surface area (Å²) in [5, 5.41) is 10.8. The number of morpholine rings is 1. The average Bonchev–Trinajstić information content (AvgIpc) is 3.13. The molecule has 1 saturated carbocycles. The van der Waals surface area contributed by atoms with Gasteiger partial charge in [0, 0.05) is 18.8 Å². The first kappa shape index (κ1) is 16.2. The molecular formula is C18H23N5O2. The molecule has 7 nitrogen and oxygen atoms in total. The Bertz CT molecular complexity index is 714. The zero-order valence-corrected chi connectivity index (χ0v) is 14.2. The van der Waals surface area contributed by atoms with Crippen molar-refractivity contribution >= 4 is 11.6 Å². The maximum atomic E-state index is 12.8. The summed E-state index contributed by atoms with van der Waals surface area (Å²) in [6.07, 6.45) is 7.29. The summed E-state index contributed by atoms with van der Waals surface area (Å²) in [5.41, 5.74) is 1.62. The van der Waals surface area contributed by atoms with E-state index in [4.69, 9.17) is 4.74 Å². The van der Waals surface area contributed by atoms with Crippen LogP contribution in [0.5, 0.6) is 0 Å². The van der Waals surface area contributed by atoms with Crippen molar-refractivity contribution in [3.8, 4) is 5.69 Å². The Labute approximate surface area is 147 Å². The van der Waals surface area contributed by atoms with Crippen molar-refractivity contribution in [1.29, 1.82) is 0 Å². The molecular weight excluding hydrogens is 318 g/mol. The van der Waals surface area contributed by atoms with Crippen LogP contribution in [0, 0.1) is 5.92 Å². The highest BCUT2D eigenvalue weighted by Gasteiger charge is 2.32. The standard InChI is InChI=1S/C18H23N5O2/c24-18(17-13-25-10-9-22(17)12-14-3-1-4-14)20-15-5-2-6-16(11-15)23-8-7-19-21-23/h2,5-8,11,14,17H,1,3-4,9-10,12-13H2,(H,20,24). The normalized spacial score (nSPS) is 21.7. The zero-order chi connectivity index (χ0) is 17.1. The van der Waals surface area contributed by atoms with E-state index in [0.29, 0.717) is 13.2 Å². The van der Waals surface area contributed by atoms with E-state index in [-0.39, 0.29) is 11.9 Å². The molecule has 1 aliphatic carbocycles. The fourth-order valence-electron chi connectivity index (χ4n) is 3.40. The monoisotopic (exact) mass is 341 g/mol. The van der Waals surface area contributed by atoms with Gasteiger partial charge in [-0.2, -0.15) is 0 Å². The number of hydrogen-bond donors (Lipinski definition) is 1. The molecule has 1 aliphatic heterocycles. The Morgan fingerprint density at radius 2 is 2.28 bits per heavy atom. The lowest BCUT2D eigenvalue weighted by atomic mass is 9.84. The van der Waals surface area contributed by atoms with Crippen LogP contribution >= 0.6 is 0 Å². The van der Waals surface area contributed by atoms with Crippen molar-refractivity contribution in [3.63, 3.8) is 0 Å². The molecule has 132 valence electrons. The van der Waals surface area contributed by atoms with Crippen LogP contribution in [0.4, 0.5) is 5.69 Å². The molecule has 1 atom stereocenters. The number of nitrogens with zero attached hydrogens (tertiary/aromatic N) is 4. The van der Waals surface area contributed by atoms with Crippen molar-refractivity contribution in [1.82, 2.24) is 19.9 Å². The second-order valence-corrected chi connectivity index (χ2v) is 6.77. The van der Waals surface area contributed by atoms with E-state index in [2.05, 4.69) is 20.5 Å². The molecule has 2 aliphatic rings. The SMILES string of the molecule is O=C(Nc1cccc(-n2ccnn2)c1)C1COCCN1CC1CCC1. The smallest absolute Gasteiger partial charge is 0.244 e. The second kappa shape index (κ2) is 7.33. The van der Waals surface area contributed by atoms with E-state index in [9.17, 15) is 4.79 Å². The van der Waals surface area contributed by atoms with Gasteiger partial charge in [0.05, 0.1) is 31.3 Å². The number of rotatable bonds is 5. The van der Waals surface area contributed by atoms with Crippen molar-refractivity contribution in [3.05, 3.63) is 36.7 Å². The second-order valence-electron chi connectivity index (χ2n) is 6.77. The molecule has 1 aromatic heterocycles. The van der Waals surface area contributed by atoms with E-state index in [1.807, 2.05) is 24.3 Å². The van der Waals surface area contributed by atoms with E-state index < -0.39 is 0 Å². The predicted octanol–water partition coefficient (Wildman–Crippen LogP) is 1.71. The summed E-state index contributed by atoms with van der Waals surface area (Å²) in [6.45, 7) is 2.99. The lowest BCUT2D eigenvalue weighted by Crippen LogP contribution is -2.53. The number of hydrogen-bond acceptors (Lipinski definition) is 5. The first-order valence-electron chi connectivity index (χ1n) is 8.89. The molecule has 1 N–H and O–H groups in total. The van der Waals surface area contributed by atoms with Crippen LogP contribution in [0.3, 0.4) is 0 Å². The molecule has 0 radical (unpaired) electrons. The van der Waals surface area contributed by atoms with Gasteiger partial charge in [-0.3, -0.25) is 9.69 Å². The van der Waals surface area contributed by atoms with Gasteiger partial charge in [0.2, 0.25) is 5.91 Å². The summed E-state index contributed by atoms with van der Waals surface area (Å²) in [6, 6.07) is 7.39. The number of carbonyl (C=O) groups is 1. The van der Waals surface area contributed by atoms with E-state index >= 15 is 0 Å². The number of nitrogens with one attached hydrogen (secondary N) is 1. The van der Waals surface area contributed by atoms with Crippen molar-refractivity contribution in [2.45, 2.75) is 25.3 Å². The minimum absolute atomic E-state index is 0.00485. The third-order valence-electron chi connectivity index (χ3n) is 5.06. The highest BCUT2D eigenvalue weighted by molar-refractivity contribution is 5.95. The Kier molecular flexibility index (Phi) is 4.76. The summed E-state index contributed by atoms with van der Waals surface area (Å²) < 4.78 is 7.23. The molecule has 25 heavy (non-hydrogen) atoms. The highest BCUT2D eigenvalue weighted by atomic mass is 16.5. The Balaban J connectivity index is 1.44. The number of benzene rings is 1. The van der Waals surface area contributed by atoms with Crippen LogP contribution in [0.15, 0.2) is 36.7 Å². The Morgan fingerprint density at radius 1 is 1.36 bits per heavy atom. The van der Waals surface area contributed by atoms with Crippen LogP contribution in [0.1, 0.15) is 19.3 Å². The van der Waals surface area contributed by atoms with Gasteiger partial charge in [0.25, 0.3) is 0 Å². The van der Waals surface area contributed by atoms with Crippen LogP contribution < -0.4 is 5.32 Å². The number of aromatic nitrogens is 3. The molecule has 2 aromatic rings. The lowest BCUT2D eigenvalue weighted by Gasteiger charge is -2.39. The summed E-state index contributed by atoms with van der Waals surface area (Å²) >= 11 is 0. The zero-order valence-electron chi connectivity index (χ0n) is 14.2. The van der Waals surface area contributed by atoms with Crippen LogP contribution in [-0.2, 0) is 9.53 Å². The minimum Gasteiger partial charge on any atom is -0.378 e. The first-order valence-corrected chi connectivity index (χ1v) is 8.89. The molecule has 7 heteroatoms. The van der Waals surface area contributed by atoms with Crippen LogP contribution in [0.2, 0.25) is 0 Å². The fraction of sp³-hybridized carbons (Fsp3) is 0.500. The molecule has 1 saturated heterocycles. The number of ether oxygens (including phenoxy) is 1. The summed E-state index contributed by atoms with van der Waals surface area (Å²) in [5.74, 6) is 0.735. The van der Waals surface area contributed by atoms with Gasteiger partial charge in [-0.1, -0.05) is 17.7 Å². The summed E-state index contributed by atoms with van der Waals surface area (Å²) in [7, 11) is 0. The minimum atomic E-state index is -0.218. The number of carbonyl (C=O) groups excluding carboxylic acids is 1. The fourth-order valence-corrected chi connectivity index (χ4v) is 3.40. The average molecular weight is 341 g/mol. The quantitative estimate of drug-likeness (QED) is 0.896. The number of anilines is 1. The van der Waals surface area contributed by atoms with Gasteiger partial charge >= 0.3 is 0 Å². The third-order valence-corrected chi connectivity index (χ3v) is 5.06. The lowest BCUT2D eigenvalue weighted by molar-refractivity contribution is -0.128. The van der Waals surface area contributed by atoms with Crippen LogP contribution in [-0.4, -0.2) is 58.1 Å². The van der Waals surface area contributed by atoms with Gasteiger partial charge in [0.1, 0.15) is 6.04 Å². The highest BCUT2D eigenvalue weighted by Crippen LogP contribution is 2.28. The molecule has 2 fully saturated rings. The van der Waals surface area contributed by atoms with Gasteiger partial charge in [0.15, 0.2) is 0 Å². The van der Waals surface area contributed by atoms with Crippen LogP contribution in [0.25, 0.3) is 5.69 Å². The molecule has 0 spiro atoms. The Morgan fingerprint density at radius 3 is 3.04 bits per heavy atom.